The highest BCUT2D eigenvalue weighted by Gasteiger charge is 2.30. The smallest absolute Gasteiger partial charge is 0.174 e. The summed E-state index contributed by atoms with van der Waals surface area (Å²) in [7, 11) is 2.14. The van der Waals surface area contributed by atoms with E-state index in [1.807, 2.05) is 36.4 Å². The Morgan fingerprint density at radius 1 is 1.11 bits per heavy atom. The Kier molecular flexibility index (Phi) is 5.53. The first kappa shape index (κ1) is 18.2. The summed E-state index contributed by atoms with van der Waals surface area (Å²) in [5.74, 6) is 1.59. The normalized spacial score (nSPS) is 20.4. The van der Waals surface area contributed by atoms with Gasteiger partial charge in [-0.1, -0.05) is 25.3 Å². The van der Waals surface area contributed by atoms with Crippen LogP contribution in [0.25, 0.3) is 11.3 Å². The summed E-state index contributed by atoms with van der Waals surface area (Å²) in [5, 5.41) is 0. The summed E-state index contributed by atoms with van der Waals surface area (Å²) in [5.41, 5.74) is 2.53. The van der Waals surface area contributed by atoms with Crippen molar-refractivity contribution < 1.29 is 9.53 Å². The van der Waals surface area contributed by atoms with Crippen molar-refractivity contribution >= 4 is 5.78 Å². The third-order valence-corrected chi connectivity index (χ3v) is 5.84. The van der Waals surface area contributed by atoms with Crippen LogP contribution in [0, 0.1) is 11.8 Å². The Morgan fingerprint density at radius 3 is 2.74 bits per heavy atom. The molecule has 1 aliphatic heterocycles. The molecule has 27 heavy (non-hydrogen) atoms. The van der Waals surface area contributed by atoms with Gasteiger partial charge in [0.15, 0.2) is 5.78 Å². The average molecular weight is 364 g/mol. The number of ether oxygens (including phenoxy) is 1. The molecule has 0 amide bonds. The monoisotopic (exact) mass is 364 g/mol. The van der Waals surface area contributed by atoms with Gasteiger partial charge in [0.2, 0.25) is 0 Å². The van der Waals surface area contributed by atoms with Crippen LogP contribution in [-0.4, -0.2) is 42.4 Å². The van der Waals surface area contributed by atoms with Gasteiger partial charge in [-0.3, -0.25) is 9.78 Å². The van der Waals surface area contributed by atoms with Crippen molar-refractivity contribution in [2.45, 2.75) is 32.1 Å². The van der Waals surface area contributed by atoms with Crippen LogP contribution in [0.3, 0.4) is 0 Å². The van der Waals surface area contributed by atoms with Crippen molar-refractivity contribution in [3.05, 3.63) is 48.2 Å². The second kappa shape index (κ2) is 8.22. The van der Waals surface area contributed by atoms with E-state index in [9.17, 15) is 4.79 Å². The summed E-state index contributed by atoms with van der Waals surface area (Å²) in [6, 6.07) is 11.6. The number of Topliss-reactive ketones (excluding diaryl/α,β-unsaturated/α-hetero) is 1. The maximum atomic E-state index is 13.1. The molecule has 4 rings (SSSR count). The topological polar surface area (TPSA) is 42.4 Å². The third kappa shape index (κ3) is 4.22. The molecule has 2 heterocycles. The van der Waals surface area contributed by atoms with E-state index in [0.717, 1.165) is 30.3 Å². The lowest BCUT2D eigenvalue weighted by Gasteiger charge is -2.31. The first-order valence-corrected chi connectivity index (χ1v) is 10.1. The fourth-order valence-corrected chi connectivity index (χ4v) is 4.42. The number of benzene rings is 1. The SMILES string of the molecule is CN(CC1CCCCC1)CC1COc2ccc(-c3ccccn3)cc2C1=O. The summed E-state index contributed by atoms with van der Waals surface area (Å²) >= 11 is 0. The van der Waals surface area contributed by atoms with Gasteiger partial charge in [-0.15, -0.1) is 0 Å². The van der Waals surface area contributed by atoms with E-state index >= 15 is 0 Å². The third-order valence-electron chi connectivity index (χ3n) is 5.84. The maximum absolute atomic E-state index is 13.1. The predicted octanol–water partition coefficient (Wildman–Crippen LogP) is 4.45. The molecule has 142 valence electrons. The van der Waals surface area contributed by atoms with Gasteiger partial charge in [0, 0.05) is 24.8 Å². The van der Waals surface area contributed by atoms with E-state index in [0.29, 0.717) is 17.9 Å². The quantitative estimate of drug-likeness (QED) is 0.786. The maximum Gasteiger partial charge on any atom is 0.174 e. The lowest BCUT2D eigenvalue weighted by molar-refractivity contribution is 0.0770. The van der Waals surface area contributed by atoms with E-state index < -0.39 is 0 Å². The highest BCUT2D eigenvalue weighted by atomic mass is 16.5. The fraction of sp³-hybridized carbons (Fsp3) is 0.478. The van der Waals surface area contributed by atoms with Crippen molar-refractivity contribution in [2.75, 3.05) is 26.7 Å². The number of hydrogen-bond acceptors (Lipinski definition) is 4. The van der Waals surface area contributed by atoms with Gasteiger partial charge in [-0.2, -0.15) is 0 Å². The van der Waals surface area contributed by atoms with Crippen molar-refractivity contribution in [3.63, 3.8) is 0 Å². The van der Waals surface area contributed by atoms with E-state index in [1.165, 1.54) is 32.1 Å². The summed E-state index contributed by atoms with van der Waals surface area (Å²) in [6.07, 6.45) is 8.52. The van der Waals surface area contributed by atoms with Crippen LogP contribution in [0.4, 0.5) is 0 Å². The zero-order valence-corrected chi connectivity index (χ0v) is 16.1. The average Bonchev–Trinajstić information content (AvgIpc) is 2.71. The Balaban J connectivity index is 1.45. The molecule has 1 aliphatic carbocycles. The van der Waals surface area contributed by atoms with Crippen LogP contribution in [0.15, 0.2) is 42.6 Å². The molecule has 0 bridgehead atoms. The number of ketones is 1. The number of aromatic nitrogens is 1. The Hall–Kier alpha value is -2.20. The van der Waals surface area contributed by atoms with Crippen LogP contribution in [0.1, 0.15) is 42.5 Å². The number of rotatable bonds is 5. The van der Waals surface area contributed by atoms with Gasteiger partial charge in [-0.05, 0) is 56.1 Å². The minimum atomic E-state index is -0.0925. The second-order valence-electron chi connectivity index (χ2n) is 8.02. The number of fused-ring (bicyclic) bond motifs is 1. The molecule has 1 unspecified atom stereocenters. The lowest BCUT2D eigenvalue weighted by Crippen LogP contribution is -2.39. The van der Waals surface area contributed by atoms with Gasteiger partial charge < -0.3 is 9.64 Å². The van der Waals surface area contributed by atoms with Crippen LogP contribution < -0.4 is 4.74 Å². The molecular formula is C23H28N2O2. The molecule has 1 saturated carbocycles. The molecule has 4 nitrogen and oxygen atoms in total. The fourth-order valence-electron chi connectivity index (χ4n) is 4.42. The first-order chi connectivity index (χ1) is 13.2. The number of carbonyl (C=O) groups excluding carboxylic acids is 1. The van der Waals surface area contributed by atoms with Crippen molar-refractivity contribution in [1.82, 2.24) is 9.88 Å². The van der Waals surface area contributed by atoms with Gasteiger partial charge in [-0.25, -0.2) is 0 Å². The van der Waals surface area contributed by atoms with E-state index in [1.54, 1.807) is 6.20 Å². The van der Waals surface area contributed by atoms with Gasteiger partial charge in [0.05, 0.1) is 23.8 Å². The van der Waals surface area contributed by atoms with Gasteiger partial charge in [0.25, 0.3) is 0 Å². The highest BCUT2D eigenvalue weighted by Crippen LogP contribution is 2.32. The molecule has 1 aromatic carbocycles. The van der Waals surface area contributed by atoms with Gasteiger partial charge in [0.1, 0.15) is 5.75 Å². The van der Waals surface area contributed by atoms with Crippen LogP contribution >= 0.6 is 0 Å². The minimum absolute atomic E-state index is 0.0925. The molecule has 0 saturated heterocycles. The molecule has 0 N–H and O–H groups in total. The summed E-state index contributed by atoms with van der Waals surface area (Å²) in [4.78, 5) is 19.8. The molecule has 1 fully saturated rings. The predicted molar refractivity (Wildman–Crippen MR) is 107 cm³/mol. The van der Waals surface area contributed by atoms with E-state index in [2.05, 4.69) is 16.9 Å². The Bertz CT molecular complexity index is 784. The lowest BCUT2D eigenvalue weighted by atomic mass is 9.88. The van der Waals surface area contributed by atoms with Crippen LogP contribution in [-0.2, 0) is 0 Å². The molecule has 1 aromatic heterocycles. The first-order valence-electron chi connectivity index (χ1n) is 10.1. The molecule has 2 aliphatic rings. The summed E-state index contributed by atoms with van der Waals surface area (Å²) in [6.45, 7) is 2.33. The molecular weight excluding hydrogens is 336 g/mol. The number of carbonyl (C=O) groups is 1. The Labute approximate surface area is 161 Å². The van der Waals surface area contributed by atoms with E-state index in [-0.39, 0.29) is 11.7 Å². The molecule has 4 heteroatoms. The standard InChI is InChI=1S/C23H28N2O2/c1-25(14-17-7-3-2-4-8-17)15-19-16-27-22-11-10-18(13-20(22)23(19)26)21-9-5-6-12-24-21/h5-6,9-13,17,19H,2-4,7-8,14-16H2,1H3. The van der Waals surface area contributed by atoms with E-state index in [4.69, 9.17) is 4.74 Å². The molecule has 0 radical (unpaired) electrons. The molecule has 2 aromatic rings. The van der Waals surface area contributed by atoms with Crippen LogP contribution in [0.2, 0.25) is 0 Å². The minimum Gasteiger partial charge on any atom is -0.492 e. The second-order valence-corrected chi connectivity index (χ2v) is 8.02. The van der Waals surface area contributed by atoms with Crippen LogP contribution in [0.5, 0.6) is 5.75 Å². The number of hydrogen-bond donors (Lipinski definition) is 0. The molecule has 1 atom stereocenters. The van der Waals surface area contributed by atoms with Crippen molar-refractivity contribution in [3.8, 4) is 17.0 Å². The number of nitrogens with zero attached hydrogens (tertiary/aromatic N) is 2. The van der Waals surface area contributed by atoms with Gasteiger partial charge >= 0.3 is 0 Å². The zero-order chi connectivity index (χ0) is 18.6. The van der Waals surface area contributed by atoms with Crippen molar-refractivity contribution in [2.24, 2.45) is 11.8 Å². The largest absolute Gasteiger partial charge is 0.492 e. The number of pyridine rings is 1. The summed E-state index contributed by atoms with van der Waals surface area (Å²) < 4.78 is 5.92. The molecule has 0 spiro atoms. The van der Waals surface area contributed by atoms with Crippen molar-refractivity contribution in [1.29, 1.82) is 0 Å². The zero-order valence-electron chi connectivity index (χ0n) is 16.1. The highest BCUT2D eigenvalue weighted by molar-refractivity contribution is 6.02. The Morgan fingerprint density at radius 2 is 1.96 bits per heavy atom.